The Morgan fingerprint density at radius 2 is 1.72 bits per heavy atom. The molecule has 3 rings (SSSR count). The molecule has 0 unspecified atom stereocenters. The summed E-state index contributed by atoms with van der Waals surface area (Å²) in [5.41, 5.74) is 3.43. The molecule has 1 heterocycles. The number of ether oxygens (including phenoxy) is 1. The van der Waals surface area contributed by atoms with Gasteiger partial charge < -0.3 is 20.3 Å². The summed E-state index contributed by atoms with van der Waals surface area (Å²) in [4.78, 5) is 22.8. The predicted octanol–water partition coefficient (Wildman–Crippen LogP) is 3.27. The summed E-state index contributed by atoms with van der Waals surface area (Å²) in [6.07, 6.45) is 3.75. The van der Waals surface area contributed by atoms with Gasteiger partial charge in [0.05, 0.1) is 19.5 Å². The second-order valence-corrected chi connectivity index (χ2v) is 6.71. The van der Waals surface area contributed by atoms with Gasteiger partial charge in [-0.05, 0) is 48.4 Å². The highest BCUT2D eigenvalue weighted by molar-refractivity contribution is 5.92. The van der Waals surface area contributed by atoms with E-state index in [9.17, 15) is 4.79 Å². The third-order valence-corrected chi connectivity index (χ3v) is 4.40. The standard InChI is InChI=1S/C22H25N5O2/c1-27(2)18-8-6-17(7-9-18)26-21-15-24-20(14-25-21)22(28)23-13-12-16-4-10-19(29-3)11-5-16/h4-11,14-15H,12-13H2,1-3H3,(H,23,28)(H,25,26). The van der Waals surface area contributed by atoms with Crippen LogP contribution in [0.3, 0.4) is 0 Å². The molecule has 150 valence electrons. The van der Waals surface area contributed by atoms with E-state index in [1.165, 1.54) is 6.20 Å². The molecule has 0 atom stereocenters. The molecule has 0 aliphatic rings. The zero-order valence-corrected chi connectivity index (χ0v) is 16.8. The van der Waals surface area contributed by atoms with Crippen molar-refractivity contribution in [2.75, 3.05) is 38.0 Å². The van der Waals surface area contributed by atoms with Crippen LogP contribution in [-0.2, 0) is 6.42 Å². The van der Waals surface area contributed by atoms with E-state index < -0.39 is 0 Å². The first-order chi connectivity index (χ1) is 14.0. The Morgan fingerprint density at radius 1 is 1.00 bits per heavy atom. The molecule has 29 heavy (non-hydrogen) atoms. The summed E-state index contributed by atoms with van der Waals surface area (Å²) in [5, 5.41) is 6.04. The molecule has 7 nitrogen and oxygen atoms in total. The van der Waals surface area contributed by atoms with E-state index in [0.717, 1.165) is 29.1 Å². The molecule has 3 aromatic rings. The number of nitrogens with one attached hydrogen (secondary N) is 2. The van der Waals surface area contributed by atoms with Gasteiger partial charge in [0, 0.05) is 32.0 Å². The van der Waals surface area contributed by atoms with Gasteiger partial charge in [-0.25, -0.2) is 9.97 Å². The van der Waals surface area contributed by atoms with Gasteiger partial charge in [-0.2, -0.15) is 0 Å². The minimum absolute atomic E-state index is 0.243. The van der Waals surface area contributed by atoms with E-state index in [1.807, 2.05) is 67.5 Å². The molecule has 0 spiro atoms. The first kappa shape index (κ1) is 20.1. The fourth-order valence-electron chi connectivity index (χ4n) is 2.70. The van der Waals surface area contributed by atoms with Crippen LogP contribution in [0.15, 0.2) is 60.9 Å². The molecule has 0 bridgehead atoms. The lowest BCUT2D eigenvalue weighted by Crippen LogP contribution is -2.26. The van der Waals surface area contributed by atoms with Crippen molar-refractivity contribution in [3.8, 4) is 5.75 Å². The average molecular weight is 391 g/mol. The van der Waals surface area contributed by atoms with Gasteiger partial charge in [0.2, 0.25) is 0 Å². The van der Waals surface area contributed by atoms with Crippen LogP contribution in [0.5, 0.6) is 5.75 Å². The Morgan fingerprint density at radius 3 is 2.31 bits per heavy atom. The van der Waals surface area contributed by atoms with Crippen LogP contribution in [0.4, 0.5) is 17.2 Å². The Labute approximate surface area is 170 Å². The second kappa shape index (κ2) is 9.54. The van der Waals surface area contributed by atoms with Gasteiger partial charge >= 0.3 is 0 Å². The molecular formula is C22H25N5O2. The number of carbonyl (C=O) groups is 1. The first-order valence-corrected chi connectivity index (χ1v) is 9.33. The van der Waals surface area contributed by atoms with E-state index in [-0.39, 0.29) is 11.6 Å². The van der Waals surface area contributed by atoms with Gasteiger partial charge in [-0.15, -0.1) is 0 Å². The SMILES string of the molecule is COc1ccc(CCNC(=O)c2cnc(Nc3ccc(N(C)C)cc3)cn2)cc1. The third-order valence-electron chi connectivity index (χ3n) is 4.40. The molecule has 2 aromatic carbocycles. The summed E-state index contributed by atoms with van der Waals surface area (Å²) in [5.74, 6) is 1.15. The van der Waals surface area contributed by atoms with Crippen LogP contribution in [0, 0.1) is 0 Å². The number of hydrogen-bond acceptors (Lipinski definition) is 6. The molecule has 7 heteroatoms. The molecule has 2 N–H and O–H groups in total. The molecule has 0 saturated heterocycles. The van der Waals surface area contributed by atoms with Crippen LogP contribution >= 0.6 is 0 Å². The number of benzene rings is 2. The van der Waals surface area contributed by atoms with Crippen molar-refractivity contribution in [1.29, 1.82) is 0 Å². The van der Waals surface area contributed by atoms with Crippen LogP contribution in [-0.4, -0.2) is 43.6 Å². The molecule has 1 aromatic heterocycles. The zero-order valence-electron chi connectivity index (χ0n) is 16.8. The molecule has 0 aliphatic heterocycles. The van der Waals surface area contributed by atoms with Crippen molar-refractivity contribution < 1.29 is 9.53 Å². The number of nitrogens with zero attached hydrogens (tertiary/aromatic N) is 3. The van der Waals surface area contributed by atoms with Crippen LogP contribution in [0.2, 0.25) is 0 Å². The maximum atomic E-state index is 12.2. The highest BCUT2D eigenvalue weighted by atomic mass is 16.5. The second-order valence-electron chi connectivity index (χ2n) is 6.71. The van der Waals surface area contributed by atoms with Gasteiger partial charge in [0.25, 0.3) is 5.91 Å². The highest BCUT2D eigenvalue weighted by Crippen LogP contribution is 2.18. The fraction of sp³-hybridized carbons (Fsp3) is 0.227. The normalized spacial score (nSPS) is 10.3. The minimum atomic E-state index is -0.243. The van der Waals surface area contributed by atoms with E-state index in [2.05, 4.69) is 20.6 Å². The zero-order chi connectivity index (χ0) is 20.6. The Balaban J connectivity index is 1.50. The molecule has 0 saturated carbocycles. The van der Waals surface area contributed by atoms with Gasteiger partial charge in [0.15, 0.2) is 0 Å². The summed E-state index contributed by atoms with van der Waals surface area (Å²) in [6.45, 7) is 0.519. The number of methoxy groups -OCH3 is 1. The van der Waals surface area contributed by atoms with Crippen LogP contribution in [0.25, 0.3) is 0 Å². The number of amides is 1. The lowest BCUT2D eigenvalue weighted by Gasteiger charge is -2.13. The monoisotopic (exact) mass is 391 g/mol. The quantitative estimate of drug-likeness (QED) is 0.614. The topological polar surface area (TPSA) is 79.4 Å². The Kier molecular flexibility index (Phi) is 6.63. The van der Waals surface area contributed by atoms with Crippen molar-refractivity contribution in [3.63, 3.8) is 0 Å². The van der Waals surface area contributed by atoms with Crippen molar-refractivity contribution in [3.05, 3.63) is 72.2 Å². The third kappa shape index (κ3) is 5.68. The smallest absolute Gasteiger partial charge is 0.271 e. The minimum Gasteiger partial charge on any atom is -0.497 e. The average Bonchev–Trinajstić information content (AvgIpc) is 2.75. The first-order valence-electron chi connectivity index (χ1n) is 9.33. The van der Waals surface area contributed by atoms with Gasteiger partial charge in [0.1, 0.15) is 17.3 Å². The molecule has 0 aliphatic carbocycles. The van der Waals surface area contributed by atoms with Gasteiger partial charge in [-0.1, -0.05) is 12.1 Å². The maximum absolute atomic E-state index is 12.2. The van der Waals surface area contributed by atoms with Crippen molar-refractivity contribution in [1.82, 2.24) is 15.3 Å². The molecule has 0 radical (unpaired) electrons. The van der Waals surface area contributed by atoms with Crippen molar-refractivity contribution in [2.45, 2.75) is 6.42 Å². The number of rotatable bonds is 8. The maximum Gasteiger partial charge on any atom is 0.271 e. The summed E-state index contributed by atoms with van der Waals surface area (Å²) < 4.78 is 5.14. The molecule has 1 amide bonds. The lowest BCUT2D eigenvalue weighted by molar-refractivity contribution is 0.0949. The summed E-state index contributed by atoms with van der Waals surface area (Å²) >= 11 is 0. The molecule has 0 fully saturated rings. The van der Waals surface area contributed by atoms with E-state index in [1.54, 1.807) is 13.3 Å². The number of hydrogen-bond donors (Lipinski definition) is 2. The summed E-state index contributed by atoms with van der Waals surface area (Å²) in [6, 6.07) is 15.7. The molecular weight excluding hydrogens is 366 g/mol. The number of carbonyl (C=O) groups excluding carboxylic acids is 1. The predicted molar refractivity (Wildman–Crippen MR) is 115 cm³/mol. The van der Waals surface area contributed by atoms with Gasteiger partial charge in [-0.3, -0.25) is 4.79 Å². The largest absolute Gasteiger partial charge is 0.497 e. The lowest BCUT2D eigenvalue weighted by atomic mass is 10.1. The fourth-order valence-corrected chi connectivity index (χ4v) is 2.70. The van der Waals surface area contributed by atoms with E-state index in [0.29, 0.717) is 12.4 Å². The van der Waals surface area contributed by atoms with E-state index >= 15 is 0 Å². The number of aromatic nitrogens is 2. The summed E-state index contributed by atoms with van der Waals surface area (Å²) in [7, 11) is 5.63. The highest BCUT2D eigenvalue weighted by Gasteiger charge is 2.08. The van der Waals surface area contributed by atoms with Crippen molar-refractivity contribution in [2.24, 2.45) is 0 Å². The van der Waals surface area contributed by atoms with E-state index in [4.69, 9.17) is 4.74 Å². The Hall–Kier alpha value is -3.61. The van der Waals surface area contributed by atoms with Crippen LogP contribution < -0.4 is 20.3 Å². The van der Waals surface area contributed by atoms with Crippen LogP contribution in [0.1, 0.15) is 16.1 Å². The Bertz CT molecular complexity index is 923. The van der Waals surface area contributed by atoms with Crippen molar-refractivity contribution >= 4 is 23.1 Å². The number of anilines is 3.